The first-order chi connectivity index (χ1) is 3.92. The summed E-state index contributed by atoms with van der Waals surface area (Å²) >= 11 is 0. The highest BCUT2D eigenvalue weighted by atomic mass is 32.2. The maximum atomic E-state index is 10.8. The molecule has 1 unspecified atom stereocenters. The minimum absolute atomic E-state index is 0.546. The molecule has 0 aliphatic rings. The van der Waals surface area contributed by atoms with Crippen LogP contribution in [0.1, 0.15) is 20.3 Å². The second-order valence-electron chi connectivity index (χ2n) is 2.89. The Kier molecular flexibility index (Phi) is 3.18. The Bertz CT molecular complexity index is 158. The van der Waals surface area contributed by atoms with Gasteiger partial charge >= 0.3 is 0 Å². The molecule has 1 atom stereocenters. The first-order valence-corrected chi connectivity index (χ1v) is 5.27. The van der Waals surface area contributed by atoms with E-state index in [4.69, 9.17) is 4.78 Å². The van der Waals surface area contributed by atoms with Crippen LogP contribution < -0.4 is 0 Å². The summed E-state index contributed by atoms with van der Waals surface area (Å²) in [5.41, 5.74) is 0. The molecule has 3 heteroatoms. The Balaban J connectivity index is 3.53. The van der Waals surface area contributed by atoms with Crippen molar-refractivity contribution in [3.63, 3.8) is 0 Å². The van der Waals surface area contributed by atoms with Crippen molar-refractivity contribution in [3.8, 4) is 0 Å². The lowest BCUT2D eigenvalue weighted by atomic mass is 10.2. The van der Waals surface area contributed by atoms with E-state index in [1.54, 1.807) is 0 Å². The Morgan fingerprint density at radius 3 is 2.11 bits per heavy atom. The van der Waals surface area contributed by atoms with Crippen molar-refractivity contribution >= 4 is 9.73 Å². The maximum Gasteiger partial charge on any atom is 0.0412 e. The molecular formula is C6H15NOS. The highest BCUT2D eigenvalue weighted by Gasteiger charge is 1.99. The van der Waals surface area contributed by atoms with Gasteiger partial charge < -0.3 is 0 Å². The third-order valence-corrected chi connectivity index (χ3v) is 2.10. The molecule has 0 saturated heterocycles. The molecule has 9 heavy (non-hydrogen) atoms. The van der Waals surface area contributed by atoms with Gasteiger partial charge in [0.15, 0.2) is 0 Å². The van der Waals surface area contributed by atoms with Crippen molar-refractivity contribution < 1.29 is 4.21 Å². The van der Waals surface area contributed by atoms with Crippen molar-refractivity contribution in [2.75, 3.05) is 12.0 Å². The van der Waals surface area contributed by atoms with Crippen molar-refractivity contribution in [2.45, 2.75) is 20.3 Å². The molecule has 0 saturated carbocycles. The van der Waals surface area contributed by atoms with E-state index in [0.717, 1.165) is 6.42 Å². The fourth-order valence-electron chi connectivity index (χ4n) is 0.461. The Morgan fingerprint density at radius 2 is 2.00 bits per heavy atom. The van der Waals surface area contributed by atoms with E-state index in [0.29, 0.717) is 11.7 Å². The summed E-state index contributed by atoms with van der Waals surface area (Å²) in [7, 11) is -2.22. The third kappa shape index (κ3) is 7.95. The molecular weight excluding hydrogens is 134 g/mol. The zero-order valence-electron chi connectivity index (χ0n) is 6.31. The fraction of sp³-hybridized carbons (Fsp3) is 1.00. The normalized spacial score (nSPS) is 17.8. The van der Waals surface area contributed by atoms with E-state index in [9.17, 15) is 4.21 Å². The van der Waals surface area contributed by atoms with Gasteiger partial charge in [0.1, 0.15) is 0 Å². The molecule has 0 amide bonds. The fourth-order valence-corrected chi connectivity index (χ4v) is 1.38. The third-order valence-electron chi connectivity index (χ3n) is 1.08. The summed E-state index contributed by atoms with van der Waals surface area (Å²) in [6.45, 7) is 4.15. The largest absolute Gasteiger partial charge is 0.253 e. The molecule has 2 nitrogen and oxygen atoms in total. The average molecular weight is 149 g/mol. The van der Waals surface area contributed by atoms with Crippen LogP contribution in [0, 0.1) is 10.7 Å². The second kappa shape index (κ2) is 3.20. The second-order valence-corrected chi connectivity index (χ2v) is 5.31. The molecule has 0 spiro atoms. The maximum absolute atomic E-state index is 10.8. The van der Waals surface area contributed by atoms with Crippen LogP contribution in [0.4, 0.5) is 0 Å². The Hall–Kier alpha value is -0.0500. The lowest BCUT2D eigenvalue weighted by Gasteiger charge is -2.02. The van der Waals surface area contributed by atoms with E-state index in [-0.39, 0.29) is 0 Å². The Labute approximate surface area is 57.6 Å². The van der Waals surface area contributed by atoms with Crippen molar-refractivity contribution in [2.24, 2.45) is 5.92 Å². The standard InChI is InChI=1S/C6H15NOS/c1-6(2)4-5-9(3,7)8/h6-7H,4-5H2,1-3H3. The van der Waals surface area contributed by atoms with Crippen LogP contribution in [0.3, 0.4) is 0 Å². The molecule has 0 aromatic heterocycles. The van der Waals surface area contributed by atoms with Gasteiger partial charge in [-0.2, -0.15) is 0 Å². The predicted octanol–water partition coefficient (Wildman–Crippen LogP) is 1.71. The summed E-state index contributed by atoms with van der Waals surface area (Å²) in [4.78, 5) is 0. The van der Waals surface area contributed by atoms with E-state index >= 15 is 0 Å². The van der Waals surface area contributed by atoms with Gasteiger partial charge in [0, 0.05) is 21.7 Å². The number of hydrogen-bond donors (Lipinski definition) is 1. The van der Waals surface area contributed by atoms with Crippen molar-refractivity contribution in [3.05, 3.63) is 0 Å². The van der Waals surface area contributed by atoms with Crippen LogP contribution in [0.15, 0.2) is 0 Å². The molecule has 0 aromatic carbocycles. The molecule has 0 aliphatic heterocycles. The molecule has 0 radical (unpaired) electrons. The summed E-state index contributed by atoms with van der Waals surface area (Å²) in [6, 6.07) is 0. The minimum atomic E-state index is -2.22. The van der Waals surface area contributed by atoms with Gasteiger partial charge in [-0.05, 0) is 12.3 Å². The SMILES string of the molecule is CC(C)CCS(C)(=N)=O. The summed E-state index contributed by atoms with van der Waals surface area (Å²) in [6.07, 6.45) is 2.40. The van der Waals surface area contributed by atoms with E-state index in [1.807, 2.05) is 0 Å². The lowest BCUT2D eigenvalue weighted by Crippen LogP contribution is -2.03. The zero-order chi connectivity index (χ0) is 7.49. The van der Waals surface area contributed by atoms with Crippen LogP contribution in [0.5, 0.6) is 0 Å². The minimum Gasteiger partial charge on any atom is -0.253 e. The number of nitrogens with one attached hydrogen (secondary N) is 1. The topological polar surface area (TPSA) is 40.9 Å². The molecule has 0 heterocycles. The molecule has 1 N–H and O–H groups in total. The zero-order valence-corrected chi connectivity index (χ0v) is 7.12. The summed E-state index contributed by atoms with van der Waals surface area (Å²) in [5, 5.41) is 0. The summed E-state index contributed by atoms with van der Waals surface area (Å²) < 4.78 is 17.8. The van der Waals surface area contributed by atoms with Crippen LogP contribution >= 0.6 is 0 Å². The van der Waals surface area contributed by atoms with Crippen molar-refractivity contribution in [1.82, 2.24) is 0 Å². The van der Waals surface area contributed by atoms with Gasteiger partial charge in [-0.1, -0.05) is 13.8 Å². The van der Waals surface area contributed by atoms with Gasteiger partial charge in [0.05, 0.1) is 0 Å². The smallest absolute Gasteiger partial charge is 0.0412 e. The van der Waals surface area contributed by atoms with E-state index in [1.165, 1.54) is 6.26 Å². The average Bonchev–Trinajstić information content (AvgIpc) is 1.59. The highest BCUT2D eigenvalue weighted by molar-refractivity contribution is 7.91. The first kappa shape index (κ1) is 8.95. The van der Waals surface area contributed by atoms with Crippen molar-refractivity contribution in [1.29, 1.82) is 4.78 Å². The van der Waals surface area contributed by atoms with Gasteiger partial charge in [-0.3, -0.25) is 8.99 Å². The molecule has 56 valence electrons. The first-order valence-electron chi connectivity index (χ1n) is 3.13. The van der Waals surface area contributed by atoms with Gasteiger partial charge in [-0.15, -0.1) is 0 Å². The van der Waals surface area contributed by atoms with Crippen LogP contribution in [-0.4, -0.2) is 16.2 Å². The molecule has 0 aromatic rings. The van der Waals surface area contributed by atoms with E-state index < -0.39 is 9.73 Å². The molecule has 0 fully saturated rings. The quantitative estimate of drug-likeness (QED) is 0.652. The predicted molar refractivity (Wildman–Crippen MR) is 41.1 cm³/mol. The van der Waals surface area contributed by atoms with E-state index in [2.05, 4.69) is 13.8 Å². The number of rotatable bonds is 3. The molecule has 0 aliphatic carbocycles. The van der Waals surface area contributed by atoms with Crippen LogP contribution in [-0.2, 0) is 9.73 Å². The highest BCUT2D eigenvalue weighted by Crippen LogP contribution is 2.01. The Morgan fingerprint density at radius 1 is 1.56 bits per heavy atom. The number of hydrogen-bond acceptors (Lipinski definition) is 2. The summed E-state index contributed by atoms with van der Waals surface area (Å²) in [5.74, 6) is 1.11. The van der Waals surface area contributed by atoms with Gasteiger partial charge in [0.25, 0.3) is 0 Å². The molecule has 0 bridgehead atoms. The van der Waals surface area contributed by atoms with Crippen LogP contribution in [0.25, 0.3) is 0 Å². The van der Waals surface area contributed by atoms with Gasteiger partial charge in [0.2, 0.25) is 0 Å². The monoisotopic (exact) mass is 149 g/mol. The lowest BCUT2D eigenvalue weighted by molar-refractivity contribution is 0.617. The van der Waals surface area contributed by atoms with Crippen LogP contribution in [0.2, 0.25) is 0 Å². The molecule has 0 rings (SSSR count). The van der Waals surface area contributed by atoms with Gasteiger partial charge in [-0.25, -0.2) is 0 Å².